The molecule has 0 aromatic heterocycles. The van der Waals surface area contributed by atoms with E-state index in [-0.39, 0.29) is 53.5 Å². The monoisotopic (exact) mass is 497 g/mol. The highest BCUT2D eigenvalue weighted by Gasteiger charge is 2.34. The molecule has 0 spiro atoms. The summed E-state index contributed by atoms with van der Waals surface area (Å²) < 4.78 is 27.0. The molecule has 1 heterocycles. The Morgan fingerprint density at radius 1 is 0.969 bits per heavy atom. The van der Waals surface area contributed by atoms with Crippen molar-refractivity contribution in [2.24, 2.45) is 5.92 Å². The summed E-state index contributed by atoms with van der Waals surface area (Å²) in [5, 5.41) is 3.38. The molecule has 7 nitrogen and oxygen atoms in total. The zero-order valence-corrected chi connectivity index (χ0v) is 20.1. The number of piperazine rings is 1. The van der Waals surface area contributed by atoms with Crippen molar-refractivity contribution in [2.45, 2.75) is 24.8 Å². The molecular formula is C22H25Cl2N3O4S. The van der Waals surface area contributed by atoms with Crippen LogP contribution < -0.4 is 5.32 Å². The van der Waals surface area contributed by atoms with Gasteiger partial charge in [-0.1, -0.05) is 55.2 Å². The summed E-state index contributed by atoms with van der Waals surface area (Å²) in [6.45, 7) is 4.53. The van der Waals surface area contributed by atoms with E-state index < -0.39 is 22.0 Å². The molecule has 1 aliphatic rings. The average Bonchev–Trinajstić information content (AvgIpc) is 2.77. The van der Waals surface area contributed by atoms with Crippen LogP contribution in [0.3, 0.4) is 0 Å². The van der Waals surface area contributed by atoms with Gasteiger partial charge in [0.05, 0.1) is 15.5 Å². The summed E-state index contributed by atoms with van der Waals surface area (Å²) in [5.74, 6) is -0.900. The molecule has 0 saturated carbocycles. The van der Waals surface area contributed by atoms with Gasteiger partial charge in [0.2, 0.25) is 15.9 Å². The number of rotatable bonds is 6. The standard InChI is InChI=1S/C22H25Cl2N3O4S/c1-15(2)20(25-21(28)18-9-8-16(23)14-19(18)24)22(29)26-10-12-27(13-11-26)32(30,31)17-6-4-3-5-7-17/h3-9,14-15,20H,10-13H2,1-2H3,(H,25,28)/t20-/m1/s1. The predicted octanol–water partition coefficient (Wildman–Crippen LogP) is 3.28. The van der Waals surface area contributed by atoms with Gasteiger partial charge < -0.3 is 10.2 Å². The lowest BCUT2D eigenvalue weighted by molar-refractivity contribution is -0.135. The Balaban J connectivity index is 1.67. The van der Waals surface area contributed by atoms with E-state index in [4.69, 9.17) is 23.2 Å². The minimum absolute atomic E-state index is 0.177. The highest BCUT2D eigenvalue weighted by molar-refractivity contribution is 7.89. The van der Waals surface area contributed by atoms with Crippen LogP contribution in [-0.4, -0.2) is 61.7 Å². The molecule has 1 N–H and O–H groups in total. The number of amides is 2. The minimum Gasteiger partial charge on any atom is -0.340 e. The molecule has 0 unspecified atom stereocenters. The largest absolute Gasteiger partial charge is 0.340 e. The minimum atomic E-state index is -3.61. The summed E-state index contributed by atoms with van der Waals surface area (Å²) in [4.78, 5) is 27.7. The molecule has 32 heavy (non-hydrogen) atoms. The maximum atomic E-state index is 13.2. The molecule has 1 atom stereocenters. The first kappa shape index (κ1) is 24.5. The van der Waals surface area contributed by atoms with Crippen LogP contribution in [0.1, 0.15) is 24.2 Å². The number of carbonyl (C=O) groups excluding carboxylic acids is 2. The fourth-order valence-corrected chi connectivity index (χ4v) is 5.43. The first-order chi connectivity index (χ1) is 15.1. The molecule has 172 valence electrons. The van der Waals surface area contributed by atoms with Gasteiger partial charge in [-0.15, -0.1) is 0 Å². The molecule has 0 aliphatic carbocycles. The Bertz CT molecular complexity index is 1090. The maximum absolute atomic E-state index is 13.2. The summed E-state index contributed by atoms with van der Waals surface area (Å²) in [5.41, 5.74) is 0.230. The summed E-state index contributed by atoms with van der Waals surface area (Å²) in [6.07, 6.45) is 0. The van der Waals surface area contributed by atoms with Crippen molar-refractivity contribution in [3.8, 4) is 0 Å². The van der Waals surface area contributed by atoms with Crippen molar-refractivity contribution >= 4 is 45.0 Å². The lowest BCUT2D eigenvalue weighted by atomic mass is 10.0. The van der Waals surface area contributed by atoms with Crippen LogP contribution in [0.4, 0.5) is 0 Å². The van der Waals surface area contributed by atoms with E-state index >= 15 is 0 Å². The zero-order chi connectivity index (χ0) is 23.5. The normalized spacial score (nSPS) is 16.1. The quantitative estimate of drug-likeness (QED) is 0.663. The second-order valence-corrected chi connectivity index (χ2v) is 10.6. The van der Waals surface area contributed by atoms with E-state index in [1.54, 1.807) is 41.3 Å². The molecule has 1 fully saturated rings. The van der Waals surface area contributed by atoms with Crippen molar-refractivity contribution in [2.75, 3.05) is 26.2 Å². The van der Waals surface area contributed by atoms with E-state index in [9.17, 15) is 18.0 Å². The Morgan fingerprint density at radius 3 is 2.16 bits per heavy atom. The topological polar surface area (TPSA) is 86.8 Å². The van der Waals surface area contributed by atoms with Gasteiger partial charge in [-0.3, -0.25) is 9.59 Å². The number of hydrogen-bond acceptors (Lipinski definition) is 4. The second kappa shape index (κ2) is 10.2. The lowest BCUT2D eigenvalue weighted by Crippen LogP contribution is -2.57. The summed E-state index contributed by atoms with van der Waals surface area (Å²) in [7, 11) is -3.61. The molecule has 0 bridgehead atoms. The number of benzene rings is 2. The predicted molar refractivity (Wildman–Crippen MR) is 124 cm³/mol. The van der Waals surface area contributed by atoms with Crippen LogP contribution in [0.25, 0.3) is 0 Å². The Kier molecular flexibility index (Phi) is 7.82. The molecule has 2 aromatic carbocycles. The van der Waals surface area contributed by atoms with Crippen molar-refractivity contribution < 1.29 is 18.0 Å². The third kappa shape index (κ3) is 5.43. The number of halogens is 2. The smallest absolute Gasteiger partial charge is 0.253 e. The van der Waals surface area contributed by atoms with Crippen LogP contribution in [0.15, 0.2) is 53.4 Å². The van der Waals surface area contributed by atoms with E-state index in [0.29, 0.717) is 5.02 Å². The number of nitrogens with zero attached hydrogens (tertiary/aromatic N) is 2. The molecule has 2 amide bonds. The fourth-order valence-electron chi connectivity index (χ4n) is 3.49. The van der Waals surface area contributed by atoms with Crippen LogP contribution in [0, 0.1) is 5.92 Å². The molecule has 2 aromatic rings. The molecule has 0 radical (unpaired) electrons. The van der Waals surface area contributed by atoms with Crippen molar-refractivity contribution in [3.05, 3.63) is 64.1 Å². The number of nitrogens with one attached hydrogen (secondary N) is 1. The van der Waals surface area contributed by atoms with Crippen molar-refractivity contribution in [3.63, 3.8) is 0 Å². The zero-order valence-electron chi connectivity index (χ0n) is 17.8. The second-order valence-electron chi connectivity index (χ2n) is 7.86. The number of carbonyl (C=O) groups is 2. The van der Waals surface area contributed by atoms with Gasteiger partial charge in [0.15, 0.2) is 0 Å². The van der Waals surface area contributed by atoms with Gasteiger partial charge in [0, 0.05) is 31.2 Å². The Morgan fingerprint density at radius 2 is 1.59 bits per heavy atom. The van der Waals surface area contributed by atoms with E-state index in [1.807, 2.05) is 13.8 Å². The molecule has 1 aliphatic heterocycles. The van der Waals surface area contributed by atoms with Gasteiger partial charge in [-0.2, -0.15) is 4.31 Å². The van der Waals surface area contributed by atoms with E-state index in [1.165, 1.54) is 16.4 Å². The average molecular weight is 498 g/mol. The number of hydrogen-bond donors (Lipinski definition) is 1. The van der Waals surface area contributed by atoms with E-state index in [0.717, 1.165) is 0 Å². The SMILES string of the molecule is CC(C)[C@@H](NC(=O)c1ccc(Cl)cc1Cl)C(=O)N1CCN(S(=O)(=O)c2ccccc2)CC1. The van der Waals surface area contributed by atoms with E-state index in [2.05, 4.69) is 5.32 Å². The van der Waals surface area contributed by atoms with Crippen LogP contribution in [0.2, 0.25) is 10.0 Å². The van der Waals surface area contributed by atoms with Crippen LogP contribution in [-0.2, 0) is 14.8 Å². The van der Waals surface area contributed by atoms with Crippen LogP contribution in [0.5, 0.6) is 0 Å². The summed E-state index contributed by atoms with van der Waals surface area (Å²) >= 11 is 12.0. The summed E-state index contributed by atoms with van der Waals surface area (Å²) in [6, 6.07) is 12.0. The first-order valence-electron chi connectivity index (χ1n) is 10.2. The van der Waals surface area contributed by atoms with Gasteiger partial charge >= 0.3 is 0 Å². The van der Waals surface area contributed by atoms with Gasteiger partial charge in [0.25, 0.3) is 5.91 Å². The van der Waals surface area contributed by atoms with Gasteiger partial charge in [-0.05, 0) is 36.2 Å². The molecule has 3 rings (SSSR count). The van der Waals surface area contributed by atoms with Crippen LogP contribution >= 0.6 is 23.2 Å². The molecular weight excluding hydrogens is 473 g/mol. The highest BCUT2D eigenvalue weighted by atomic mass is 35.5. The third-order valence-electron chi connectivity index (χ3n) is 5.33. The Hall–Kier alpha value is -2.13. The third-order valence-corrected chi connectivity index (χ3v) is 7.79. The first-order valence-corrected chi connectivity index (χ1v) is 12.4. The maximum Gasteiger partial charge on any atom is 0.253 e. The molecule has 1 saturated heterocycles. The highest BCUT2D eigenvalue weighted by Crippen LogP contribution is 2.22. The fraction of sp³-hybridized carbons (Fsp3) is 0.364. The van der Waals surface area contributed by atoms with Crippen molar-refractivity contribution in [1.29, 1.82) is 0 Å². The lowest BCUT2D eigenvalue weighted by Gasteiger charge is -2.36. The van der Waals surface area contributed by atoms with Gasteiger partial charge in [-0.25, -0.2) is 8.42 Å². The van der Waals surface area contributed by atoms with Crippen molar-refractivity contribution in [1.82, 2.24) is 14.5 Å². The number of sulfonamides is 1. The van der Waals surface area contributed by atoms with Gasteiger partial charge in [0.1, 0.15) is 6.04 Å². The Labute approximate surface area is 198 Å². The molecule has 10 heteroatoms.